The zero-order valence-corrected chi connectivity index (χ0v) is 10.4. The monoisotopic (exact) mass is 277 g/mol. The molecular weight excluding hydrogens is 265 g/mol. The van der Waals surface area contributed by atoms with E-state index in [1.165, 1.54) is 12.1 Å². The average molecular weight is 277 g/mol. The maximum absolute atomic E-state index is 13.0. The number of hydrogen-bond acceptors (Lipinski definition) is 3. The third-order valence-corrected chi connectivity index (χ3v) is 3.37. The number of benzene rings is 1. The van der Waals surface area contributed by atoms with E-state index < -0.39 is 17.8 Å². The lowest BCUT2D eigenvalue weighted by Crippen LogP contribution is -2.26. The molecule has 1 aliphatic rings. The normalized spacial score (nSPS) is 20.9. The van der Waals surface area contributed by atoms with Crippen LogP contribution in [0.25, 0.3) is 11.0 Å². The van der Waals surface area contributed by atoms with Crippen molar-refractivity contribution < 1.29 is 19.1 Å². The predicted octanol–water partition coefficient (Wildman–Crippen LogP) is 1.04. The van der Waals surface area contributed by atoms with Gasteiger partial charge in [0.05, 0.1) is 29.4 Å². The van der Waals surface area contributed by atoms with Crippen molar-refractivity contribution in [1.29, 1.82) is 0 Å². The lowest BCUT2D eigenvalue weighted by atomic mass is 10.3. The molecule has 1 saturated carbocycles. The van der Waals surface area contributed by atoms with E-state index in [0.29, 0.717) is 23.3 Å². The highest BCUT2D eigenvalue weighted by molar-refractivity contribution is 5.89. The molecule has 6 nitrogen and oxygen atoms in total. The van der Waals surface area contributed by atoms with Gasteiger partial charge in [0.1, 0.15) is 11.6 Å². The predicted molar refractivity (Wildman–Crippen MR) is 67.1 cm³/mol. The number of amides is 1. The molecule has 1 heterocycles. The molecule has 0 aliphatic heterocycles. The average Bonchev–Trinajstić information content (AvgIpc) is 3.11. The maximum Gasteiger partial charge on any atom is 0.307 e. The number of aliphatic carboxylic acids is 1. The van der Waals surface area contributed by atoms with Gasteiger partial charge in [0.15, 0.2) is 0 Å². The maximum atomic E-state index is 13.0. The van der Waals surface area contributed by atoms with E-state index in [9.17, 15) is 14.0 Å². The summed E-state index contributed by atoms with van der Waals surface area (Å²) in [7, 11) is 0. The number of nitrogens with zero attached hydrogens (tertiary/aromatic N) is 1. The highest BCUT2D eigenvalue weighted by atomic mass is 19.1. The second-order valence-corrected chi connectivity index (χ2v) is 4.85. The Morgan fingerprint density at radius 3 is 2.95 bits per heavy atom. The Balaban J connectivity index is 1.63. The van der Waals surface area contributed by atoms with E-state index in [0.717, 1.165) is 0 Å². The molecule has 3 N–H and O–H groups in total. The summed E-state index contributed by atoms with van der Waals surface area (Å²) in [6.45, 7) is 0.165. The molecule has 7 heteroatoms. The Labute approximate surface area is 113 Å². The number of fused-ring (bicyclic) bond motifs is 1. The topological polar surface area (TPSA) is 95.1 Å². The van der Waals surface area contributed by atoms with Crippen LogP contribution >= 0.6 is 0 Å². The summed E-state index contributed by atoms with van der Waals surface area (Å²) in [5, 5.41) is 11.4. The van der Waals surface area contributed by atoms with Crippen LogP contribution in [-0.2, 0) is 16.1 Å². The van der Waals surface area contributed by atoms with Crippen molar-refractivity contribution in [3.05, 3.63) is 29.8 Å². The lowest BCUT2D eigenvalue weighted by molar-refractivity contribution is -0.140. The van der Waals surface area contributed by atoms with Crippen LogP contribution in [0.5, 0.6) is 0 Å². The summed E-state index contributed by atoms with van der Waals surface area (Å²) in [4.78, 5) is 29.5. The molecule has 1 aliphatic carbocycles. The van der Waals surface area contributed by atoms with Gasteiger partial charge in [-0.3, -0.25) is 9.59 Å². The third kappa shape index (κ3) is 2.34. The molecule has 1 aromatic carbocycles. The molecule has 2 atom stereocenters. The fraction of sp³-hybridized carbons (Fsp3) is 0.308. The fourth-order valence-corrected chi connectivity index (χ4v) is 2.18. The molecule has 0 unspecified atom stereocenters. The number of H-pyrrole nitrogens is 1. The molecule has 104 valence electrons. The van der Waals surface area contributed by atoms with Crippen molar-refractivity contribution in [3.8, 4) is 0 Å². The minimum atomic E-state index is -0.940. The summed E-state index contributed by atoms with van der Waals surface area (Å²) < 4.78 is 13.0. The van der Waals surface area contributed by atoms with Gasteiger partial charge in [-0.1, -0.05) is 0 Å². The Bertz CT molecular complexity index is 697. The first-order valence-corrected chi connectivity index (χ1v) is 6.19. The first-order valence-electron chi connectivity index (χ1n) is 6.19. The molecule has 0 saturated heterocycles. The minimum Gasteiger partial charge on any atom is -0.481 e. The molecular formula is C13H12FN3O3. The zero-order valence-electron chi connectivity index (χ0n) is 10.4. The largest absolute Gasteiger partial charge is 0.481 e. The molecule has 1 aromatic heterocycles. The molecule has 1 amide bonds. The van der Waals surface area contributed by atoms with E-state index in [1.807, 2.05) is 0 Å². The van der Waals surface area contributed by atoms with Crippen LogP contribution in [0, 0.1) is 17.7 Å². The van der Waals surface area contributed by atoms with Crippen molar-refractivity contribution in [3.63, 3.8) is 0 Å². The van der Waals surface area contributed by atoms with Crippen molar-refractivity contribution in [2.45, 2.75) is 13.0 Å². The molecule has 20 heavy (non-hydrogen) atoms. The first-order chi connectivity index (χ1) is 9.54. The molecule has 3 rings (SSSR count). The summed E-state index contributed by atoms with van der Waals surface area (Å²) in [6, 6.07) is 4.19. The standard InChI is InChI=1S/C13H12FN3O3/c14-6-1-2-9-10(3-6)17-11(16-9)5-15-12(18)7-4-8(7)13(19)20/h1-3,7-8H,4-5H2,(H,15,18)(H,16,17)(H,19,20)/t7-,8-/m0/s1. The number of rotatable bonds is 4. The number of carboxylic acid groups (broad SMARTS) is 1. The fourth-order valence-electron chi connectivity index (χ4n) is 2.18. The number of carbonyl (C=O) groups excluding carboxylic acids is 1. The highest BCUT2D eigenvalue weighted by Gasteiger charge is 2.48. The number of aromatic amines is 1. The van der Waals surface area contributed by atoms with Gasteiger partial charge in [-0.05, 0) is 24.6 Å². The second kappa shape index (κ2) is 4.59. The van der Waals surface area contributed by atoms with Crippen LogP contribution in [0.4, 0.5) is 4.39 Å². The number of aromatic nitrogens is 2. The van der Waals surface area contributed by atoms with E-state index >= 15 is 0 Å². The Morgan fingerprint density at radius 2 is 2.25 bits per heavy atom. The highest BCUT2D eigenvalue weighted by Crippen LogP contribution is 2.38. The minimum absolute atomic E-state index is 0.165. The molecule has 2 aromatic rings. The summed E-state index contributed by atoms with van der Waals surface area (Å²) in [5.41, 5.74) is 1.18. The SMILES string of the molecule is O=C(O)[C@H]1C[C@@H]1C(=O)NCc1nc2ccc(F)cc2[nH]1. The lowest BCUT2D eigenvalue weighted by Gasteiger charge is -2.01. The number of halogens is 1. The Morgan fingerprint density at radius 1 is 1.45 bits per heavy atom. The number of hydrogen-bond donors (Lipinski definition) is 3. The van der Waals surface area contributed by atoms with Crippen LogP contribution in [0.15, 0.2) is 18.2 Å². The quantitative estimate of drug-likeness (QED) is 0.778. The molecule has 0 radical (unpaired) electrons. The molecule has 1 fully saturated rings. The van der Waals surface area contributed by atoms with E-state index in [2.05, 4.69) is 15.3 Å². The second-order valence-electron chi connectivity index (χ2n) is 4.85. The van der Waals surface area contributed by atoms with Gasteiger partial charge in [0.25, 0.3) is 0 Å². The summed E-state index contributed by atoms with van der Waals surface area (Å²) in [5.74, 6) is -2.10. The van der Waals surface area contributed by atoms with Crippen molar-refractivity contribution >= 4 is 22.9 Å². The Kier molecular flexibility index (Phi) is 2.89. The Hall–Kier alpha value is -2.44. The van der Waals surface area contributed by atoms with Gasteiger partial charge >= 0.3 is 5.97 Å². The van der Waals surface area contributed by atoms with Gasteiger partial charge in [-0.15, -0.1) is 0 Å². The molecule has 0 spiro atoms. The smallest absolute Gasteiger partial charge is 0.307 e. The third-order valence-electron chi connectivity index (χ3n) is 3.37. The molecule has 0 bridgehead atoms. The summed E-state index contributed by atoms with van der Waals surface area (Å²) >= 11 is 0. The van der Waals surface area contributed by atoms with Gasteiger partial charge in [0, 0.05) is 0 Å². The zero-order chi connectivity index (χ0) is 14.3. The van der Waals surface area contributed by atoms with Crippen LogP contribution < -0.4 is 5.32 Å². The van der Waals surface area contributed by atoms with Crippen molar-refractivity contribution in [2.24, 2.45) is 11.8 Å². The summed E-state index contributed by atoms with van der Waals surface area (Å²) in [6.07, 6.45) is 0.381. The van der Waals surface area contributed by atoms with Crippen molar-refractivity contribution in [2.75, 3.05) is 0 Å². The van der Waals surface area contributed by atoms with Gasteiger partial charge in [-0.25, -0.2) is 9.37 Å². The van der Waals surface area contributed by atoms with Crippen LogP contribution in [0.1, 0.15) is 12.2 Å². The van der Waals surface area contributed by atoms with Gasteiger partial charge in [-0.2, -0.15) is 0 Å². The van der Waals surface area contributed by atoms with E-state index in [1.54, 1.807) is 6.07 Å². The van der Waals surface area contributed by atoms with Crippen molar-refractivity contribution in [1.82, 2.24) is 15.3 Å². The number of carboxylic acids is 1. The van der Waals surface area contributed by atoms with Gasteiger partial charge < -0.3 is 15.4 Å². The van der Waals surface area contributed by atoms with Gasteiger partial charge in [0.2, 0.25) is 5.91 Å². The van der Waals surface area contributed by atoms with E-state index in [-0.39, 0.29) is 18.3 Å². The number of nitrogens with one attached hydrogen (secondary N) is 2. The van der Waals surface area contributed by atoms with Crippen LogP contribution in [0.2, 0.25) is 0 Å². The first kappa shape index (κ1) is 12.6. The number of imidazole rings is 1. The van der Waals surface area contributed by atoms with Crippen LogP contribution in [0.3, 0.4) is 0 Å². The number of carbonyl (C=O) groups is 2. The van der Waals surface area contributed by atoms with E-state index in [4.69, 9.17) is 5.11 Å². The van der Waals surface area contributed by atoms with Crippen LogP contribution in [-0.4, -0.2) is 27.0 Å².